The summed E-state index contributed by atoms with van der Waals surface area (Å²) in [5, 5.41) is 9.91. The van der Waals surface area contributed by atoms with Crippen molar-refractivity contribution in [3.05, 3.63) is 23.8 Å². The SMILES string of the molecule is CCC(C)(C)c1ccc(O)c(N=C2SCCS2)c1. The third-order valence-electron chi connectivity index (χ3n) is 3.39. The van der Waals surface area contributed by atoms with Crippen LogP contribution in [0.5, 0.6) is 5.75 Å². The number of thioether (sulfide) groups is 2. The van der Waals surface area contributed by atoms with Gasteiger partial charge in [-0.15, -0.1) is 0 Å². The number of aromatic hydroxyl groups is 1. The molecule has 2 nitrogen and oxygen atoms in total. The molecule has 0 bridgehead atoms. The van der Waals surface area contributed by atoms with Gasteiger partial charge in [0.2, 0.25) is 0 Å². The highest BCUT2D eigenvalue weighted by molar-refractivity contribution is 8.41. The van der Waals surface area contributed by atoms with Gasteiger partial charge in [0.1, 0.15) is 15.8 Å². The summed E-state index contributed by atoms with van der Waals surface area (Å²) < 4.78 is 1.07. The zero-order valence-electron chi connectivity index (χ0n) is 11.1. The minimum atomic E-state index is 0.124. The van der Waals surface area contributed by atoms with Crippen LogP contribution in [0.2, 0.25) is 0 Å². The lowest BCUT2D eigenvalue weighted by Crippen LogP contribution is -2.14. The first kappa shape index (κ1) is 13.8. The van der Waals surface area contributed by atoms with Crippen LogP contribution in [0.25, 0.3) is 0 Å². The maximum atomic E-state index is 9.91. The normalized spacial score (nSPS) is 16.1. The average Bonchev–Trinajstić information content (AvgIpc) is 2.84. The van der Waals surface area contributed by atoms with Crippen LogP contribution in [0.15, 0.2) is 23.2 Å². The first-order valence-corrected chi connectivity index (χ1v) is 8.18. The fraction of sp³-hybridized carbons (Fsp3) is 0.500. The van der Waals surface area contributed by atoms with Gasteiger partial charge in [-0.1, -0.05) is 50.4 Å². The average molecular weight is 281 g/mol. The molecule has 0 atom stereocenters. The monoisotopic (exact) mass is 281 g/mol. The van der Waals surface area contributed by atoms with Crippen molar-refractivity contribution in [3.63, 3.8) is 0 Å². The van der Waals surface area contributed by atoms with Gasteiger partial charge in [-0.3, -0.25) is 0 Å². The van der Waals surface area contributed by atoms with Gasteiger partial charge in [0, 0.05) is 11.5 Å². The molecule has 0 aromatic heterocycles. The van der Waals surface area contributed by atoms with Gasteiger partial charge in [0.25, 0.3) is 0 Å². The van der Waals surface area contributed by atoms with Crippen LogP contribution in [0, 0.1) is 0 Å². The highest BCUT2D eigenvalue weighted by Gasteiger charge is 2.19. The van der Waals surface area contributed by atoms with Crippen molar-refractivity contribution in [1.82, 2.24) is 0 Å². The first-order valence-electron chi connectivity index (χ1n) is 6.21. The van der Waals surface area contributed by atoms with Crippen molar-refractivity contribution < 1.29 is 5.11 Å². The standard InChI is InChI=1S/C14H19NOS2/c1-4-14(2,3)10-5-6-12(16)11(9-10)15-13-17-7-8-18-13/h5-6,9,16H,4,7-8H2,1-3H3. The third kappa shape index (κ3) is 3.04. The molecule has 1 fully saturated rings. The summed E-state index contributed by atoms with van der Waals surface area (Å²) in [6.45, 7) is 6.62. The fourth-order valence-electron chi connectivity index (χ4n) is 1.70. The molecule has 0 amide bonds. The van der Waals surface area contributed by atoms with Crippen molar-refractivity contribution in [3.8, 4) is 5.75 Å². The van der Waals surface area contributed by atoms with Crippen molar-refractivity contribution >= 4 is 33.6 Å². The molecule has 4 heteroatoms. The van der Waals surface area contributed by atoms with Crippen LogP contribution >= 0.6 is 23.5 Å². The van der Waals surface area contributed by atoms with Gasteiger partial charge in [0.05, 0.1) is 0 Å². The molecule has 2 rings (SSSR count). The van der Waals surface area contributed by atoms with Gasteiger partial charge in [-0.2, -0.15) is 0 Å². The van der Waals surface area contributed by atoms with E-state index in [0.29, 0.717) is 5.69 Å². The smallest absolute Gasteiger partial charge is 0.141 e. The third-order valence-corrected chi connectivity index (χ3v) is 5.85. The van der Waals surface area contributed by atoms with E-state index in [-0.39, 0.29) is 11.2 Å². The van der Waals surface area contributed by atoms with Crippen LogP contribution in [0.1, 0.15) is 32.8 Å². The number of hydrogen-bond acceptors (Lipinski definition) is 4. The van der Waals surface area contributed by atoms with Crippen LogP contribution in [-0.2, 0) is 5.41 Å². The minimum Gasteiger partial charge on any atom is -0.506 e. The number of nitrogens with zero attached hydrogens (tertiary/aromatic N) is 1. The second-order valence-electron chi connectivity index (χ2n) is 5.02. The second-order valence-corrected chi connectivity index (χ2v) is 7.44. The summed E-state index contributed by atoms with van der Waals surface area (Å²) in [4.78, 5) is 4.56. The molecule has 1 aromatic carbocycles. The van der Waals surface area contributed by atoms with E-state index in [1.807, 2.05) is 12.1 Å². The van der Waals surface area contributed by atoms with Gasteiger partial charge >= 0.3 is 0 Å². The number of rotatable bonds is 3. The molecule has 1 aliphatic heterocycles. The zero-order valence-corrected chi connectivity index (χ0v) is 12.7. The molecule has 0 aliphatic carbocycles. The van der Waals surface area contributed by atoms with Crippen molar-refractivity contribution in [2.24, 2.45) is 4.99 Å². The van der Waals surface area contributed by atoms with Crippen LogP contribution in [0.4, 0.5) is 5.69 Å². The Labute approximate surface area is 117 Å². The van der Waals surface area contributed by atoms with E-state index in [1.54, 1.807) is 29.6 Å². The summed E-state index contributed by atoms with van der Waals surface area (Å²) in [5.74, 6) is 2.50. The Bertz CT molecular complexity index is 461. The topological polar surface area (TPSA) is 32.6 Å². The first-order chi connectivity index (χ1) is 8.53. The fourth-order valence-corrected chi connectivity index (χ4v) is 3.88. The number of hydrogen-bond donors (Lipinski definition) is 1. The van der Waals surface area contributed by atoms with E-state index >= 15 is 0 Å². The van der Waals surface area contributed by atoms with Gasteiger partial charge in [-0.05, 0) is 29.5 Å². The predicted octanol–water partition coefficient (Wildman–Crippen LogP) is 4.55. The second kappa shape index (κ2) is 5.57. The summed E-state index contributed by atoms with van der Waals surface area (Å²) in [6.07, 6.45) is 1.07. The zero-order chi connectivity index (χ0) is 13.2. The van der Waals surface area contributed by atoms with E-state index < -0.39 is 0 Å². The van der Waals surface area contributed by atoms with Gasteiger partial charge in [-0.25, -0.2) is 4.99 Å². The number of phenolic OH excluding ortho intramolecular Hbond substituents is 1. The summed E-state index contributed by atoms with van der Waals surface area (Å²) >= 11 is 3.53. The van der Waals surface area contributed by atoms with E-state index in [0.717, 1.165) is 22.3 Å². The Morgan fingerprint density at radius 3 is 2.56 bits per heavy atom. The Kier molecular flexibility index (Phi) is 4.28. The van der Waals surface area contributed by atoms with Crippen molar-refractivity contribution in [2.75, 3.05) is 11.5 Å². The molecular formula is C14H19NOS2. The summed E-state index contributed by atoms with van der Waals surface area (Å²) in [6, 6.07) is 5.78. The molecule has 0 spiro atoms. The van der Waals surface area contributed by atoms with Crippen LogP contribution in [0.3, 0.4) is 0 Å². The van der Waals surface area contributed by atoms with E-state index in [1.165, 1.54) is 5.56 Å². The largest absolute Gasteiger partial charge is 0.506 e. The lowest BCUT2D eigenvalue weighted by molar-refractivity contribution is 0.473. The number of aliphatic imine (C=N–C) groups is 1. The quantitative estimate of drug-likeness (QED) is 0.882. The maximum absolute atomic E-state index is 9.91. The molecule has 1 aromatic rings. The van der Waals surface area contributed by atoms with Gasteiger partial charge < -0.3 is 5.11 Å². The molecule has 1 heterocycles. The Hall–Kier alpha value is -0.610. The molecule has 1 N–H and O–H groups in total. The molecule has 18 heavy (non-hydrogen) atoms. The van der Waals surface area contributed by atoms with E-state index in [2.05, 4.69) is 25.8 Å². The Morgan fingerprint density at radius 2 is 1.94 bits per heavy atom. The molecular weight excluding hydrogens is 262 g/mol. The lowest BCUT2D eigenvalue weighted by atomic mass is 9.82. The molecule has 0 unspecified atom stereocenters. The van der Waals surface area contributed by atoms with Crippen LogP contribution < -0.4 is 0 Å². The maximum Gasteiger partial charge on any atom is 0.141 e. The molecule has 0 saturated carbocycles. The molecule has 0 radical (unpaired) electrons. The van der Waals surface area contributed by atoms with Crippen molar-refractivity contribution in [1.29, 1.82) is 0 Å². The highest BCUT2D eigenvalue weighted by atomic mass is 32.2. The van der Waals surface area contributed by atoms with E-state index in [9.17, 15) is 5.11 Å². The summed E-state index contributed by atoms with van der Waals surface area (Å²) in [5.41, 5.74) is 2.06. The number of benzene rings is 1. The van der Waals surface area contributed by atoms with E-state index in [4.69, 9.17) is 0 Å². The highest BCUT2D eigenvalue weighted by Crippen LogP contribution is 2.37. The predicted molar refractivity (Wildman–Crippen MR) is 83.4 cm³/mol. The number of phenols is 1. The van der Waals surface area contributed by atoms with Crippen LogP contribution in [-0.4, -0.2) is 21.0 Å². The molecule has 1 saturated heterocycles. The summed E-state index contributed by atoms with van der Waals surface area (Å²) in [7, 11) is 0. The van der Waals surface area contributed by atoms with Crippen molar-refractivity contribution in [2.45, 2.75) is 32.6 Å². The Balaban J connectivity index is 2.35. The Morgan fingerprint density at radius 1 is 1.28 bits per heavy atom. The molecule has 1 aliphatic rings. The lowest BCUT2D eigenvalue weighted by Gasteiger charge is -2.23. The van der Waals surface area contributed by atoms with Gasteiger partial charge in [0.15, 0.2) is 0 Å². The molecule has 98 valence electrons. The minimum absolute atomic E-state index is 0.124.